The Kier molecular flexibility index (Phi) is 2.10. The van der Waals surface area contributed by atoms with E-state index in [9.17, 15) is 4.79 Å². The molecule has 60 valence electrons. The van der Waals surface area contributed by atoms with Crippen molar-refractivity contribution < 1.29 is 14.4 Å². The summed E-state index contributed by atoms with van der Waals surface area (Å²) >= 11 is 0. The minimum absolute atomic E-state index is 0.0470. The number of carbonyl (C=O) groups is 1. The molecule has 1 heterocycles. The zero-order valence-corrected chi connectivity index (χ0v) is 5.78. The topological polar surface area (TPSA) is 89.4 Å². The van der Waals surface area contributed by atoms with E-state index in [0.29, 0.717) is 12.0 Å². The Morgan fingerprint density at radius 3 is 3.00 bits per heavy atom. The predicted octanol–water partition coefficient (Wildman–Crippen LogP) is 0.274. The van der Waals surface area contributed by atoms with Crippen LogP contribution in [-0.4, -0.2) is 16.2 Å². The van der Waals surface area contributed by atoms with Crippen molar-refractivity contribution in [1.29, 1.82) is 0 Å². The molecule has 11 heavy (non-hydrogen) atoms. The van der Waals surface area contributed by atoms with Gasteiger partial charge in [0.05, 0.1) is 6.20 Å². The van der Waals surface area contributed by atoms with E-state index in [1.54, 1.807) is 0 Å². The van der Waals surface area contributed by atoms with Crippen molar-refractivity contribution in [2.75, 3.05) is 5.73 Å². The molecule has 0 radical (unpaired) electrons. The highest BCUT2D eigenvalue weighted by molar-refractivity contribution is 5.67. The molecule has 0 saturated heterocycles. The lowest BCUT2D eigenvalue weighted by Crippen LogP contribution is -1.98. The Bertz CT molecular complexity index is 256. The molecule has 0 fully saturated rings. The third kappa shape index (κ3) is 1.96. The van der Waals surface area contributed by atoms with Crippen molar-refractivity contribution in [2.24, 2.45) is 0 Å². The summed E-state index contributed by atoms with van der Waals surface area (Å²) < 4.78 is 4.53. The van der Waals surface area contributed by atoms with Crippen LogP contribution >= 0.6 is 0 Å². The highest BCUT2D eigenvalue weighted by atomic mass is 16.5. The standard InChI is InChI=1S/C6H8N2O3/c7-6-4(3-8-11-6)1-2-5(9)10/h3H,1-2,7H2,(H,9,10). The minimum atomic E-state index is -0.856. The van der Waals surface area contributed by atoms with E-state index in [2.05, 4.69) is 9.68 Å². The van der Waals surface area contributed by atoms with E-state index in [0.717, 1.165) is 0 Å². The van der Waals surface area contributed by atoms with Crippen molar-refractivity contribution in [3.63, 3.8) is 0 Å². The van der Waals surface area contributed by atoms with Gasteiger partial charge in [0.1, 0.15) is 0 Å². The maximum atomic E-state index is 10.1. The highest BCUT2D eigenvalue weighted by Gasteiger charge is 2.05. The summed E-state index contributed by atoms with van der Waals surface area (Å²) in [6.07, 6.45) is 1.84. The van der Waals surface area contributed by atoms with E-state index in [1.807, 2.05) is 0 Å². The second kappa shape index (κ2) is 3.05. The molecule has 0 aliphatic carbocycles. The third-order valence-corrected chi connectivity index (χ3v) is 1.28. The van der Waals surface area contributed by atoms with Gasteiger partial charge in [-0.3, -0.25) is 4.79 Å². The predicted molar refractivity (Wildman–Crippen MR) is 36.9 cm³/mol. The minimum Gasteiger partial charge on any atom is -0.481 e. The normalized spacial score (nSPS) is 9.82. The SMILES string of the molecule is Nc1oncc1CCC(=O)O. The molecule has 0 unspecified atom stereocenters. The first-order valence-corrected chi connectivity index (χ1v) is 3.11. The number of nitrogen functional groups attached to an aromatic ring is 1. The number of carboxylic acid groups (broad SMARTS) is 1. The fourth-order valence-corrected chi connectivity index (χ4v) is 0.698. The Morgan fingerprint density at radius 2 is 2.55 bits per heavy atom. The molecule has 0 aromatic carbocycles. The van der Waals surface area contributed by atoms with Gasteiger partial charge in [-0.05, 0) is 6.42 Å². The molecule has 0 saturated carbocycles. The molecule has 1 aromatic heterocycles. The van der Waals surface area contributed by atoms with E-state index in [4.69, 9.17) is 10.8 Å². The Labute approximate surface area is 62.8 Å². The van der Waals surface area contributed by atoms with Gasteiger partial charge in [-0.25, -0.2) is 0 Å². The molecule has 0 amide bonds. The molecule has 0 bridgehead atoms. The van der Waals surface area contributed by atoms with Crippen LogP contribution in [-0.2, 0) is 11.2 Å². The molecule has 1 rings (SSSR count). The van der Waals surface area contributed by atoms with Crippen LogP contribution in [0.3, 0.4) is 0 Å². The van der Waals surface area contributed by atoms with E-state index >= 15 is 0 Å². The van der Waals surface area contributed by atoms with Gasteiger partial charge in [0.25, 0.3) is 0 Å². The Hall–Kier alpha value is -1.52. The maximum Gasteiger partial charge on any atom is 0.303 e. The molecular formula is C6H8N2O3. The van der Waals surface area contributed by atoms with Crippen LogP contribution in [0.4, 0.5) is 5.88 Å². The highest BCUT2D eigenvalue weighted by Crippen LogP contribution is 2.11. The number of aromatic nitrogens is 1. The number of aliphatic carboxylic acids is 1. The van der Waals surface area contributed by atoms with Gasteiger partial charge in [0.15, 0.2) is 0 Å². The van der Waals surface area contributed by atoms with Crippen molar-refractivity contribution >= 4 is 11.9 Å². The van der Waals surface area contributed by atoms with Crippen molar-refractivity contribution in [3.8, 4) is 0 Å². The average molecular weight is 156 g/mol. The van der Waals surface area contributed by atoms with Crippen LogP contribution in [0.25, 0.3) is 0 Å². The number of carboxylic acids is 1. The third-order valence-electron chi connectivity index (χ3n) is 1.28. The molecule has 1 aromatic rings. The van der Waals surface area contributed by atoms with Crippen LogP contribution in [0.1, 0.15) is 12.0 Å². The molecule has 5 nitrogen and oxygen atoms in total. The number of hydrogen-bond donors (Lipinski definition) is 2. The summed E-state index contributed by atoms with van der Waals surface area (Å²) in [6, 6.07) is 0. The van der Waals surface area contributed by atoms with Crippen LogP contribution in [0, 0.1) is 0 Å². The molecule has 0 spiro atoms. The molecular weight excluding hydrogens is 148 g/mol. The summed E-state index contributed by atoms with van der Waals surface area (Å²) in [5.41, 5.74) is 5.95. The van der Waals surface area contributed by atoms with Gasteiger partial charge in [-0.2, -0.15) is 0 Å². The lowest BCUT2D eigenvalue weighted by molar-refractivity contribution is -0.136. The second-order valence-electron chi connectivity index (χ2n) is 2.11. The average Bonchev–Trinajstić information content (AvgIpc) is 2.31. The first kappa shape index (κ1) is 7.59. The lowest BCUT2D eigenvalue weighted by Gasteiger charge is -1.91. The summed E-state index contributed by atoms with van der Waals surface area (Å²) in [7, 11) is 0. The number of hydrogen-bond acceptors (Lipinski definition) is 4. The fourth-order valence-electron chi connectivity index (χ4n) is 0.698. The Morgan fingerprint density at radius 1 is 1.82 bits per heavy atom. The maximum absolute atomic E-state index is 10.1. The first-order valence-electron chi connectivity index (χ1n) is 3.11. The zero-order valence-electron chi connectivity index (χ0n) is 5.78. The van der Waals surface area contributed by atoms with Gasteiger partial charge in [0.2, 0.25) is 5.88 Å². The van der Waals surface area contributed by atoms with Gasteiger partial charge >= 0.3 is 5.97 Å². The lowest BCUT2D eigenvalue weighted by atomic mass is 10.2. The van der Waals surface area contributed by atoms with E-state index in [-0.39, 0.29) is 12.3 Å². The van der Waals surface area contributed by atoms with Gasteiger partial charge in [-0.15, -0.1) is 0 Å². The Balaban J connectivity index is 2.51. The summed E-state index contributed by atoms with van der Waals surface area (Å²) in [6.45, 7) is 0. The largest absolute Gasteiger partial charge is 0.481 e. The van der Waals surface area contributed by atoms with Crippen LogP contribution in [0.15, 0.2) is 10.7 Å². The summed E-state index contributed by atoms with van der Waals surface area (Å²) in [4.78, 5) is 10.1. The first-order chi connectivity index (χ1) is 5.20. The number of anilines is 1. The van der Waals surface area contributed by atoms with Crippen LogP contribution in [0.2, 0.25) is 0 Å². The molecule has 0 atom stereocenters. The van der Waals surface area contributed by atoms with Crippen molar-refractivity contribution in [3.05, 3.63) is 11.8 Å². The summed E-state index contributed by atoms with van der Waals surface area (Å²) in [5, 5.41) is 11.7. The zero-order chi connectivity index (χ0) is 8.27. The fraction of sp³-hybridized carbons (Fsp3) is 0.333. The van der Waals surface area contributed by atoms with E-state index < -0.39 is 5.97 Å². The quantitative estimate of drug-likeness (QED) is 0.655. The van der Waals surface area contributed by atoms with Crippen molar-refractivity contribution in [2.45, 2.75) is 12.8 Å². The van der Waals surface area contributed by atoms with Crippen molar-refractivity contribution in [1.82, 2.24) is 5.16 Å². The van der Waals surface area contributed by atoms with Crippen LogP contribution in [0.5, 0.6) is 0 Å². The second-order valence-corrected chi connectivity index (χ2v) is 2.11. The molecule has 0 aliphatic heterocycles. The smallest absolute Gasteiger partial charge is 0.303 e. The van der Waals surface area contributed by atoms with Gasteiger partial charge in [-0.1, -0.05) is 5.16 Å². The number of aryl methyl sites for hydroxylation is 1. The number of nitrogens with two attached hydrogens (primary N) is 1. The van der Waals surface area contributed by atoms with Gasteiger partial charge in [0, 0.05) is 12.0 Å². The monoisotopic (exact) mass is 156 g/mol. The number of rotatable bonds is 3. The van der Waals surface area contributed by atoms with E-state index in [1.165, 1.54) is 6.20 Å². The van der Waals surface area contributed by atoms with Gasteiger partial charge < -0.3 is 15.4 Å². The van der Waals surface area contributed by atoms with Crippen LogP contribution < -0.4 is 5.73 Å². The summed E-state index contributed by atoms with van der Waals surface area (Å²) in [5.74, 6) is -0.656. The number of nitrogens with zero attached hydrogens (tertiary/aromatic N) is 1. The molecule has 5 heteroatoms. The molecule has 3 N–H and O–H groups in total. The molecule has 0 aliphatic rings.